The van der Waals surface area contributed by atoms with Crippen LogP contribution in [0.5, 0.6) is 0 Å². The molecule has 0 spiro atoms. The summed E-state index contributed by atoms with van der Waals surface area (Å²) in [6, 6.07) is 12.6. The van der Waals surface area contributed by atoms with Crippen molar-refractivity contribution in [2.24, 2.45) is 5.92 Å². The fraction of sp³-hybridized carbons (Fsp3) is 0.360. The van der Waals surface area contributed by atoms with Crippen LogP contribution in [0.3, 0.4) is 0 Å². The van der Waals surface area contributed by atoms with Gasteiger partial charge in [0.2, 0.25) is 5.91 Å². The number of fused-ring (bicyclic) bond motifs is 1. The van der Waals surface area contributed by atoms with Gasteiger partial charge in [-0.2, -0.15) is 0 Å². The van der Waals surface area contributed by atoms with Crippen LogP contribution in [0.25, 0.3) is 10.9 Å². The zero-order chi connectivity index (χ0) is 24.2. The summed E-state index contributed by atoms with van der Waals surface area (Å²) in [6.45, 7) is 6.59. The number of nitrogen functional groups attached to an aromatic ring is 1. The molecule has 1 aliphatic rings. The average molecular weight is 465 g/mol. The Kier molecular flexibility index (Phi) is 7.02. The predicted molar refractivity (Wildman–Crippen MR) is 128 cm³/mol. The summed E-state index contributed by atoms with van der Waals surface area (Å²) in [5, 5.41) is 3.56. The van der Waals surface area contributed by atoms with Gasteiger partial charge in [0.1, 0.15) is 23.5 Å². The Bertz CT molecular complexity index is 1190. The number of anilines is 1. The zero-order valence-electron chi connectivity index (χ0n) is 19.4. The van der Waals surface area contributed by atoms with E-state index in [9.17, 15) is 14.0 Å². The Balaban J connectivity index is 1.37. The molecule has 3 aromatic rings. The number of nitrogens with zero attached hydrogens (tertiary/aromatic N) is 4. The summed E-state index contributed by atoms with van der Waals surface area (Å²) < 4.78 is 14.0. The molecule has 0 aliphatic carbocycles. The van der Waals surface area contributed by atoms with E-state index in [-0.39, 0.29) is 17.4 Å². The van der Waals surface area contributed by atoms with Crippen LogP contribution in [-0.4, -0.2) is 63.8 Å². The molecule has 8 nitrogen and oxygen atoms in total. The van der Waals surface area contributed by atoms with Gasteiger partial charge in [0, 0.05) is 31.6 Å². The van der Waals surface area contributed by atoms with Gasteiger partial charge < -0.3 is 16.0 Å². The quantitative estimate of drug-likeness (QED) is 0.581. The van der Waals surface area contributed by atoms with Crippen LogP contribution >= 0.6 is 0 Å². The number of halogens is 1. The van der Waals surface area contributed by atoms with E-state index in [1.807, 2.05) is 38.1 Å². The summed E-state index contributed by atoms with van der Waals surface area (Å²) >= 11 is 0. The van der Waals surface area contributed by atoms with Crippen LogP contribution in [0.2, 0.25) is 0 Å². The SMILES string of the molecule is CC(C)[C@H](NC(=O)c1ccccc1F)C(=O)N1CCN(Cc2nc(N)c3ccccc3n2)CC1. The third-order valence-corrected chi connectivity index (χ3v) is 6.07. The third kappa shape index (κ3) is 5.14. The van der Waals surface area contributed by atoms with Crippen LogP contribution in [-0.2, 0) is 11.3 Å². The minimum absolute atomic E-state index is 0.0690. The van der Waals surface area contributed by atoms with E-state index in [2.05, 4.69) is 20.2 Å². The predicted octanol–water partition coefficient (Wildman–Crippen LogP) is 2.45. The molecule has 34 heavy (non-hydrogen) atoms. The molecule has 0 unspecified atom stereocenters. The lowest BCUT2D eigenvalue weighted by Crippen LogP contribution is -2.56. The molecular weight excluding hydrogens is 435 g/mol. The maximum Gasteiger partial charge on any atom is 0.254 e. The Hall–Kier alpha value is -3.59. The van der Waals surface area contributed by atoms with Crippen molar-refractivity contribution < 1.29 is 14.0 Å². The van der Waals surface area contributed by atoms with E-state index < -0.39 is 17.8 Å². The second-order valence-corrected chi connectivity index (χ2v) is 8.82. The van der Waals surface area contributed by atoms with E-state index >= 15 is 0 Å². The van der Waals surface area contributed by atoms with Crippen molar-refractivity contribution in [3.8, 4) is 0 Å². The Morgan fingerprint density at radius 2 is 1.71 bits per heavy atom. The Labute approximate surface area is 198 Å². The number of carbonyl (C=O) groups excluding carboxylic acids is 2. The number of amides is 2. The van der Waals surface area contributed by atoms with Crippen LogP contribution in [0.15, 0.2) is 48.5 Å². The van der Waals surface area contributed by atoms with Gasteiger partial charge in [0.25, 0.3) is 5.91 Å². The van der Waals surface area contributed by atoms with Crippen LogP contribution in [0, 0.1) is 11.7 Å². The first-order valence-electron chi connectivity index (χ1n) is 11.4. The van der Waals surface area contributed by atoms with Crippen molar-refractivity contribution in [3.05, 3.63) is 65.7 Å². The van der Waals surface area contributed by atoms with Crippen molar-refractivity contribution in [1.82, 2.24) is 25.1 Å². The summed E-state index contributed by atoms with van der Waals surface area (Å²) in [5.41, 5.74) is 6.84. The minimum atomic E-state index is -0.734. The van der Waals surface area contributed by atoms with Crippen molar-refractivity contribution in [1.29, 1.82) is 0 Å². The van der Waals surface area contributed by atoms with Gasteiger partial charge in [-0.05, 0) is 30.2 Å². The Morgan fingerprint density at radius 1 is 1.03 bits per heavy atom. The molecule has 0 radical (unpaired) electrons. The number of aromatic nitrogens is 2. The second-order valence-electron chi connectivity index (χ2n) is 8.82. The fourth-order valence-corrected chi connectivity index (χ4v) is 4.12. The highest BCUT2D eigenvalue weighted by atomic mass is 19.1. The lowest BCUT2D eigenvalue weighted by Gasteiger charge is -2.37. The molecular formula is C25H29FN6O2. The molecule has 0 saturated carbocycles. The molecule has 2 amide bonds. The van der Waals surface area contributed by atoms with Gasteiger partial charge in [0.15, 0.2) is 0 Å². The monoisotopic (exact) mass is 464 g/mol. The molecule has 1 atom stereocenters. The third-order valence-electron chi connectivity index (χ3n) is 6.07. The molecule has 2 aromatic carbocycles. The summed E-state index contributed by atoms with van der Waals surface area (Å²) in [6.07, 6.45) is 0. The number of carbonyl (C=O) groups is 2. The van der Waals surface area contributed by atoms with Gasteiger partial charge in [-0.1, -0.05) is 38.1 Å². The molecule has 0 bridgehead atoms. The minimum Gasteiger partial charge on any atom is -0.383 e. The van der Waals surface area contributed by atoms with Crippen molar-refractivity contribution >= 4 is 28.5 Å². The van der Waals surface area contributed by atoms with Gasteiger partial charge >= 0.3 is 0 Å². The zero-order valence-corrected chi connectivity index (χ0v) is 19.4. The number of benzene rings is 2. The lowest BCUT2D eigenvalue weighted by molar-refractivity contribution is -0.136. The number of para-hydroxylation sites is 1. The molecule has 4 rings (SSSR count). The molecule has 1 aliphatic heterocycles. The highest BCUT2D eigenvalue weighted by molar-refractivity contribution is 5.97. The summed E-state index contributed by atoms with van der Waals surface area (Å²) in [4.78, 5) is 38.8. The Morgan fingerprint density at radius 3 is 2.41 bits per heavy atom. The first-order valence-corrected chi connectivity index (χ1v) is 11.4. The molecule has 1 aromatic heterocycles. The topological polar surface area (TPSA) is 104 Å². The highest BCUT2D eigenvalue weighted by Gasteiger charge is 2.31. The van der Waals surface area contributed by atoms with E-state index in [1.165, 1.54) is 18.2 Å². The lowest BCUT2D eigenvalue weighted by atomic mass is 10.0. The number of rotatable bonds is 6. The first kappa shape index (κ1) is 23.6. The smallest absolute Gasteiger partial charge is 0.254 e. The fourth-order valence-electron chi connectivity index (χ4n) is 4.12. The van der Waals surface area contributed by atoms with E-state index in [1.54, 1.807) is 11.0 Å². The van der Waals surface area contributed by atoms with Gasteiger partial charge in [-0.15, -0.1) is 0 Å². The maximum absolute atomic E-state index is 14.0. The van der Waals surface area contributed by atoms with Gasteiger partial charge in [0.05, 0.1) is 17.6 Å². The first-order chi connectivity index (χ1) is 16.3. The average Bonchev–Trinajstić information content (AvgIpc) is 2.82. The number of piperazine rings is 1. The number of nitrogens with one attached hydrogen (secondary N) is 1. The molecule has 9 heteroatoms. The van der Waals surface area contributed by atoms with Crippen molar-refractivity contribution in [2.45, 2.75) is 26.4 Å². The molecule has 1 fully saturated rings. The van der Waals surface area contributed by atoms with Crippen LogP contribution in [0.1, 0.15) is 30.0 Å². The summed E-state index contributed by atoms with van der Waals surface area (Å²) in [5.74, 6) is -0.399. The second kappa shape index (κ2) is 10.1. The molecule has 1 saturated heterocycles. The van der Waals surface area contributed by atoms with E-state index in [0.29, 0.717) is 44.4 Å². The normalized spacial score (nSPS) is 15.5. The number of nitrogens with two attached hydrogens (primary N) is 1. The summed E-state index contributed by atoms with van der Waals surface area (Å²) in [7, 11) is 0. The van der Waals surface area contributed by atoms with Gasteiger partial charge in [-0.25, -0.2) is 14.4 Å². The number of hydrogen-bond acceptors (Lipinski definition) is 6. The van der Waals surface area contributed by atoms with Gasteiger partial charge in [-0.3, -0.25) is 14.5 Å². The van der Waals surface area contributed by atoms with Crippen LogP contribution < -0.4 is 11.1 Å². The molecule has 3 N–H and O–H groups in total. The van der Waals surface area contributed by atoms with E-state index in [0.717, 1.165) is 10.9 Å². The standard InChI is InChI=1S/C25H29FN6O2/c1-16(2)22(30-24(33)17-7-3-5-9-19(17)26)25(34)32-13-11-31(12-14-32)15-21-28-20-10-6-4-8-18(20)23(27)29-21/h3-10,16,22H,11-15H2,1-2H3,(H,30,33)(H2,27,28,29)/t22-/m0/s1. The number of hydrogen-bond donors (Lipinski definition) is 2. The molecule has 2 heterocycles. The largest absolute Gasteiger partial charge is 0.383 e. The van der Waals surface area contributed by atoms with Crippen molar-refractivity contribution in [3.63, 3.8) is 0 Å². The van der Waals surface area contributed by atoms with Crippen molar-refractivity contribution in [2.75, 3.05) is 31.9 Å². The van der Waals surface area contributed by atoms with E-state index in [4.69, 9.17) is 5.73 Å². The highest BCUT2D eigenvalue weighted by Crippen LogP contribution is 2.18. The maximum atomic E-state index is 14.0. The van der Waals surface area contributed by atoms with Crippen LogP contribution in [0.4, 0.5) is 10.2 Å². The molecule has 178 valence electrons.